The zero-order valence-electron chi connectivity index (χ0n) is 9.94. The number of aromatic amines is 1. The minimum Gasteiger partial charge on any atom is -0.341 e. The fourth-order valence-corrected chi connectivity index (χ4v) is 1.85. The van der Waals surface area contributed by atoms with Crippen molar-refractivity contribution < 1.29 is 4.79 Å². The van der Waals surface area contributed by atoms with E-state index in [4.69, 9.17) is 0 Å². The van der Waals surface area contributed by atoms with Gasteiger partial charge in [-0.05, 0) is 29.2 Å². The van der Waals surface area contributed by atoms with E-state index in [1.165, 1.54) is 30.0 Å². The van der Waals surface area contributed by atoms with Gasteiger partial charge < -0.3 is 4.90 Å². The Balaban J connectivity index is 1.83. The number of tetrazole rings is 1. The first-order chi connectivity index (χ1) is 8.75. The molecule has 1 fully saturated rings. The number of hydrogen-bond donors (Lipinski definition) is 1. The molecule has 0 saturated heterocycles. The van der Waals surface area contributed by atoms with E-state index in [9.17, 15) is 4.79 Å². The third-order valence-electron chi connectivity index (χ3n) is 3.00. The van der Waals surface area contributed by atoms with Gasteiger partial charge in [0.1, 0.15) is 11.9 Å². The molecule has 0 unspecified atom stereocenters. The Bertz CT molecular complexity index is 542. The number of carbonyl (C=O) groups is 1. The Hall–Kier alpha value is -2.25. The third-order valence-corrected chi connectivity index (χ3v) is 3.00. The zero-order chi connectivity index (χ0) is 12.5. The number of H-pyrrole nitrogens is 1. The Morgan fingerprint density at radius 2 is 2.44 bits per heavy atom. The predicted molar refractivity (Wildman–Crippen MR) is 61.0 cm³/mol. The maximum Gasteiger partial charge on any atom is 0.259 e. The van der Waals surface area contributed by atoms with Gasteiger partial charge in [0.25, 0.3) is 5.91 Å². The summed E-state index contributed by atoms with van der Waals surface area (Å²) < 4.78 is 1.39. The first kappa shape index (κ1) is 10.9. The van der Waals surface area contributed by atoms with Gasteiger partial charge in [0.2, 0.25) is 0 Å². The molecular formula is C10H13N7O. The summed E-state index contributed by atoms with van der Waals surface area (Å²) in [7, 11) is 1.80. The van der Waals surface area contributed by atoms with Crippen molar-refractivity contribution in [1.82, 2.24) is 35.3 Å². The van der Waals surface area contributed by atoms with Crippen LogP contribution in [-0.2, 0) is 0 Å². The molecule has 2 aromatic heterocycles. The number of aromatic nitrogens is 6. The summed E-state index contributed by atoms with van der Waals surface area (Å²) in [6.45, 7) is 0.791. The number of nitrogens with zero attached hydrogens (tertiary/aromatic N) is 6. The summed E-state index contributed by atoms with van der Waals surface area (Å²) >= 11 is 0. The Labute approximate surface area is 103 Å². The molecule has 2 aromatic rings. The fraction of sp³-hybridized carbons (Fsp3) is 0.500. The second-order valence-corrected chi connectivity index (χ2v) is 4.52. The Morgan fingerprint density at radius 1 is 1.61 bits per heavy atom. The summed E-state index contributed by atoms with van der Waals surface area (Å²) in [5.74, 6) is 1.08. The van der Waals surface area contributed by atoms with Crippen LogP contribution in [0, 0.1) is 5.92 Å². The molecule has 1 aliphatic rings. The molecule has 1 amide bonds. The Kier molecular flexibility index (Phi) is 2.54. The minimum atomic E-state index is -0.0684. The van der Waals surface area contributed by atoms with Crippen LogP contribution in [0.1, 0.15) is 23.2 Å². The van der Waals surface area contributed by atoms with Gasteiger partial charge in [0.05, 0.1) is 6.20 Å². The van der Waals surface area contributed by atoms with Crippen LogP contribution in [0.3, 0.4) is 0 Å². The van der Waals surface area contributed by atoms with Crippen molar-refractivity contribution in [2.45, 2.75) is 12.8 Å². The van der Waals surface area contributed by atoms with Crippen molar-refractivity contribution >= 4 is 5.91 Å². The summed E-state index contributed by atoms with van der Waals surface area (Å²) in [5.41, 5.74) is 0.477. The summed E-state index contributed by atoms with van der Waals surface area (Å²) in [5, 5.41) is 17.5. The van der Waals surface area contributed by atoms with Crippen LogP contribution in [0.25, 0.3) is 5.82 Å². The van der Waals surface area contributed by atoms with E-state index in [-0.39, 0.29) is 5.91 Å². The van der Waals surface area contributed by atoms with Crippen LogP contribution in [0.15, 0.2) is 12.5 Å². The van der Waals surface area contributed by atoms with Crippen LogP contribution in [0.4, 0.5) is 0 Å². The number of rotatable bonds is 4. The number of carbonyl (C=O) groups excluding carboxylic acids is 1. The van der Waals surface area contributed by atoms with E-state index in [2.05, 4.69) is 25.7 Å². The standard InChI is InChI=1S/C10H13N7O/c1-16(5-7-2-3-7)10(18)8-4-11-13-9(8)17-6-12-14-15-17/h4,6-7H,2-3,5H2,1H3,(H,11,13). The summed E-state index contributed by atoms with van der Waals surface area (Å²) in [4.78, 5) is 14.0. The van der Waals surface area contributed by atoms with Gasteiger partial charge >= 0.3 is 0 Å². The van der Waals surface area contributed by atoms with E-state index >= 15 is 0 Å². The molecule has 0 spiro atoms. The Morgan fingerprint density at radius 3 is 3.11 bits per heavy atom. The fourth-order valence-electron chi connectivity index (χ4n) is 1.85. The van der Waals surface area contributed by atoms with Gasteiger partial charge in [0, 0.05) is 13.6 Å². The second-order valence-electron chi connectivity index (χ2n) is 4.52. The number of nitrogens with one attached hydrogen (secondary N) is 1. The smallest absolute Gasteiger partial charge is 0.259 e. The largest absolute Gasteiger partial charge is 0.341 e. The molecule has 3 rings (SSSR count). The highest BCUT2D eigenvalue weighted by Crippen LogP contribution is 2.29. The summed E-state index contributed by atoms with van der Waals surface area (Å²) in [6.07, 6.45) is 5.35. The van der Waals surface area contributed by atoms with Crippen molar-refractivity contribution in [3.8, 4) is 5.82 Å². The molecule has 8 nitrogen and oxygen atoms in total. The highest BCUT2D eigenvalue weighted by Gasteiger charge is 2.27. The van der Waals surface area contributed by atoms with Crippen molar-refractivity contribution in [3.63, 3.8) is 0 Å². The monoisotopic (exact) mass is 247 g/mol. The molecule has 8 heteroatoms. The quantitative estimate of drug-likeness (QED) is 0.812. The van der Waals surface area contributed by atoms with Crippen LogP contribution in [0.5, 0.6) is 0 Å². The first-order valence-electron chi connectivity index (χ1n) is 5.78. The van der Waals surface area contributed by atoms with Gasteiger partial charge in [-0.25, -0.2) is 0 Å². The van der Waals surface area contributed by atoms with E-state index in [0.717, 1.165) is 6.54 Å². The number of amides is 1. The first-order valence-corrected chi connectivity index (χ1v) is 5.78. The van der Waals surface area contributed by atoms with Crippen molar-refractivity contribution in [1.29, 1.82) is 0 Å². The van der Waals surface area contributed by atoms with Crippen LogP contribution in [-0.4, -0.2) is 54.8 Å². The zero-order valence-corrected chi connectivity index (χ0v) is 9.94. The van der Waals surface area contributed by atoms with E-state index in [1.54, 1.807) is 11.9 Å². The van der Waals surface area contributed by atoms with Crippen molar-refractivity contribution in [2.75, 3.05) is 13.6 Å². The van der Waals surface area contributed by atoms with E-state index < -0.39 is 0 Å². The average Bonchev–Trinajstić information content (AvgIpc) is 2.88. The van der Waals surface area contributed by atoms with E-state index in [0.29, 0.717) is 17.3 Å². The lowest BCUT2D eigenvalue weighted by molar-refractivity contribution is 0.0788. The van der Waals surface area contributed by atoms with E-state index in [1.807, 2.05) is 0 Å². The highest BCUT2D eigenvalue weighted by atomic mass is 16.2. The number of hydrogen-bond acceptors (Lipinski definition) is 5. The summed E-state index contributed by atoms with van der Waals surface area (Å²) in [6, 6.07) is 0. The normalized spacial score (nSPS) is 14.7. The topological polar surface area (TPSA) is 92.6 Å². The lowest BCUT2D eigenvalue weighted by atomic mass is 10.2. The molecule has 0 aliphatic heterocycles. The SMILES string of the molecule is CN(CC1CC1)C(=O)c1cn[nH]c1-n1cnnn1. The molecule has 2 heterocycles. The van der Waals surface area contributed by atoms with Gasteiger partial charge in [-0.15, -0.1) is 5.10 Å². The lowest BCUT2D eigenvalue weighted by Crippen LogP contribution is -2.29. The molecular weight excluding hydrogens is 234 g/mol. The molecule has 0 atom stereocenters. The van der Waals surface area contributed by atoms with Crippen LogP contribution in [0.2, 0.25) is 0 Å². The molecule has 94 valence electrons. The van der Waals surface area contributed by atoms with Gasteiger partial charge in [-0.3, -0.25) is 9.89 Å². The second kappa shape index (κ2) is 4.21. The maximum absolute atomic E-state index is 12.3. The molecule has 1 N–H and O–H groups in total. The van der Waals surface area contributed by atoms with Crippen molar-refractivity contribution in [3.05, 3.63) is 18.1 Å². The van der Waals surface area contributed by atoms with Gasteiger partial charge in [0.15, 0.2) is 5.82 Å². The van der Waals surface area contributed by atoms with Crippen LogP contribution < -0.4 is 0 Å². The van der Waals surface area contributed by atoms with Crippen molar-refractivity contribution in [2.24, 2.45) is 5.92 Å². The third kappa shape index (κ3) is 1.96. The predicted octanol–water partition coefficient (Wildman–Crippen LogP) is -0.133. The molecule has 0 radical (unpaired) electrons. The highest BCUT2D eigenvalue weighted by molar-refractivity contribution is 5.96. The molecule has 18 heavy (non-hydrogen) atoms. The molecule has 0 bridgehead atoms. The van der Waals surface area contributed by atoms with Gasteiger partial charge in [-0.1, -0.05) is 0 Å². The minimum absolute atomic E-state index is 0.0684. The molecule has 1 saturated carbocycles. The average molecular weight is 247 g/mol. The maximum atomic E-state index is 12.3. The van der Waals surface area contributed by atoms with Gasteiger partial charge in [-0.2, -0.15) is 9.78 Å². The molecule has 0 aromatic carbocycles. The molecule has 1 aliphatic carbocycles. The lowest BCUT2D eigenvalue weighted by Gasteiger charge is -2.16. The van der Waals surface area contributed by atoms with Crippen LogP contribution >= 0.6 is 0 Å².